The van der Waals surface area contributed by atoms with E-state index >= 15 is 0 Å². The van der Waals surface area contributed by atoms with Gasteiger partial charge in [0.15, 0.2) is 0 Å². The topological polar surface area (TPSA) is 47.3 Å². The summed E-state index contributed by atoms with van der Waals surface area (Å²) in [5, 5.41) is 18.4. The van der Waals surface area contributed by atoms with Crippen molar-refractivity contribution in [3.05, 3.63) is 23.8 Å². The van der Waals surface area contributed by atoms with Gasteiger partial charge in [0, 0.05) is 30.5 Å². The summed E-state index contributed by atoms with van der Waals surface area (Å²) >= 11 is 1.60. The summed E-state index contributed by atoms with van der Waals surface area (Å²) in [6.45, 7) is 2.02. The average molecular weight is 248 g/mol. The number of thioether (sulfide) groups is 1. The zero-order chi connectivity index (χ0) is 12.3. The lowest BCUT2D eigenvalue weighted by atomic mass is 10.1. The second-order valence-electron chi connectivity index (χ2n) is 4.25. The Bertz CT molecular complexity index is 442. The van der Waals surface area contributed by atoms with E-state index in [1.54, 1.807) is 11.8 Å². The molecule has 3 nitrogen and oxygen atoms in total. The van der Waals surface area contributed by atoms with Gasteiger partial charge in [0.05, 0.1) is 11.3 Å². The molecule has 1 aromatic rings. The Morgan fingerprint density at radius 3 is 3.00 bits per heavy atom. The highest BCUT2D eigenvalue weighted by Gasteiger charge is 2.24. The quantitative estimate of drug-likeness (QED) is 0.832. The van der Waals surface area contributed by atoms with E-state index in [9.17, 15) is 5.26 Å². The minimum Gasteiger partial charge on any atom is -0.396 e. The fourth-order valence-electron chi connectivity index (χ4n) is 2.27. The molecule has 4 heteroatoms. The molecular weight excluding hydrogens is 232 g/mol. The predicted molar refractivity (Wildman–Crippen MR) is 70.3 cm³/mol. The average Bonchev–Trinajstić information content (AvgIpc) is 2.86. The second kappa shape index (κ2) is 5.44. The Labute approximate surface area is 106 Å². The van der Waals surface area contributed by atoms with Gasteiger partial charge in [-0.3, -0.25) is 0 Å². The normalized spacial score (nSPS) is 19.4. The summed E-state index contributed by atoms with van der Waals surface area (Å²) in [4.78, 5) is 3.23. The van der Waals surface area contributed by atoms with Crippen molar-refractivity contribution in [2.24, 2.45) is 5.92 Å². The third kappa shape index (κ3) is 2.41. The fraction of sp³-hybridized carbons (Fsp3) is 0.462. The van der Waals surface area contributed by atoms with E-state index in [0.29, 0.717) is 5.92 Å². The SMILES string of the molecule is CSc1cccc(N2CCC(CO)C2)c1C#N. The highest BCUT2D eigenvalue weighted by Crippen LogP contribution is 2.32. The minimum atomic E-state index is 0.237. The van der Waals surface area contributed by atoms with Gasteiger partial charge in [-0.1, -0.05) is 6.07 Å². The van der Waals surface area contributed by atoms with Gasteiger partial charge in [0.25, 0.3) is 0 Å². The zero-order valence-electron chi connectivity index (χ0n) is 9.89. The summed E-state index contributed by atoms with van der Waals surface area (Å²) in [5.74, 6) is 0.347. The monoisotopic (exact) mass is 248 g/mol. The Balaban J connectivity index is 2.30. The van der Waals surface area contributed by atoms with Crippen LogP contribution < -0.4 is 4.90 Å². The molecule has 1 N–H and O–H groups in total. The molecule has 1 aliphatic rings. The molecule has 2 rings (SSSR count). The van der Waals surface area contributed by atoms with E-state index in [1.165, 1.54) is 0 Å². The van der Waals surface area contributed by atoms with E-state index in [0.717, 1.165) is 35.7 Å². The number of anilines is 1. The van der Waals surface area contributed by atoms with E-state index in [2.05, 4.69) is 11.0 Å². The first kappa shape index (κ1) is 12.3. The second-order valence-corrected chi connectivity index (χ2v) is 5.10. The lowest BCUT2D eigenvalue weighted by Gasteiger charge is -2.20. The van der Waals surface area contributed by atoms with Crippen LogP contribution in [-0.2, 0) is 0 Å². The van der Waals surface area contributed by atoms with Gasteiger partial charge in [-0.05, 0) is 24.8 Å². The molecule has 1 aromatic carbocycles. The largest absolute Gasteiger partial charge is 0.396 e. The molecular formula is C13H16N2OS. The van der Waals surface area contributed by atoms with Crippen molar-refractivity contribution in [2.45, 2.75) is 11.3 Å². The number of hydrogen-bond donors (Lipinski definition) is 1. The van der Waals surface area contributed by atoms with Gasteiger partial charge >= 0.3 is 0 Å². The number of aliphatic hydroxyl groups excluding tert-OH is 1. The molecule has 90 valence electrons. The van der Waals surface area contributed by atoms with E-state index in [4.69, 9.17) is 5.11 Å². The van der Waals surface area contributed by atoms with Crippen LogP contribution in [0.25, 0.3) is 0 Å². The fourth-order valence-corrected chi connectivity index (χ4v) is 2.84. The van der Waals surface area contributed by atoms with Gasteiger partial charge in [0.2, 0.25) is 0 Å². The standard InChI is InChI=1S/C13H16N2OS/c1-17-13-4-2-3-12(11(13)7-14)15-6-5-10(8-15)9-16/h2-4,10,16H,5-6,8-9H2,1H3. The maximum Gasteiger partial charge on any atom is 0.103 e. The lowest BCUT2D eigenvalue weighted by Crippen LogP contribution is -2.21. The Kier molecular flexibility index (Phi) is 3.93. The molecule has 0 amide bonds. The molecule has 1 unspecified atom stereocenters. The summed E-state index contributed by atoms with van der Waals surface area (Å²) in [6.07, 6.45) is 2.99. The van der Waals surface area contributed by atoms with Crippen molar-refractivity contribution in [3.63, 3.8) is 0 Å². The van der Waals surface area contributed by atoms with Gasteiger partial charge < -0.3 is 10.0 Å². The van der Waals surface area contributed by atoms with Crippen LogP contribution in [0.2, 0.25) is 0 Å². The smallest absolute Gasteiger partial charge is 0.103 e. The highest BCUT2D eigenvalue weighted by atomic mass is 32.2. The predicted octanol–water partition coefficient (Wildman–Crippen LogP) is 2.10. The summed E-state index contributed by atoms with van der Waals surface area (Å²) in [6, 6.07) is 8.27. The molecule has 1 fully saturated rings. The van der Waals surface area contributed by atoms with Crippen LogP contribution in [0.15, 0.2) is 23.1 Å². The summed E-state index contributed by atoms with van der Waals surface area (Å²) in [7, 11) is 0. The number of aliphatic hydroxyl groups is 1. The first-order valence-electron chi connectivity index (χ1n) is 5.73. The Hall–Kier alpha value is -1.18. The van der Waals surface area contributed by atoms with Crippen molar-refractivity contribution < 1.29 is 5.11 Å². The van der Waals surface area contributed by atoms with Crippen molar-refractivity contribution in [3.8, 4) is 6.07 Å². The summed E-state index contributed by atoms with van der Waals surface area (Å²) in [5.41, 5.74) is 1.77. The zero-order valence-corrected chi connectivity index (χ0v) is 10.7. The molecule has 0 aromatic heterocycles. The van der Waals surface area contributed by atoms with Crippen LogP contribution in [-0.4, -0.2) is 31.1 Å². The van der Waals surface area contributed by atoms with Crippen molar-refractivity contribution >= 4 is 17.4 Å². The molecule has 1 aliphatic heterocycles. The number of nitriles is 1. The van der Waals surface area contributed by atoms with Gasteiger partial charge in [-0.2, -0.15) is 5.26 Å². The molecule has 0 bridgehead atoms. The van der Waals surface area contributed by atoms with Crippen LogP contribution in [0.1, 0.15) is 12.0 Å². The van der Waals surface area contributed by atoms with Crippen molar-refractivity contribution in [1.29, 1.82) is 5.26 Å². The number of rotatable bonds is 3. The molecule has 0 saturated carbocycles. The van der Waals surface area contributed by atoms with E-state index < -0.39 is 0 Å². The Morgan fingerprint density at radius 1 is 1.59 bits per heavy atom. The number of nitrogens with zero attached hydrogens (tertiary/aromatic N) is 2. The maximum atomic E-state index is 9.27. The molecule has 1 atom stereocenters. The molecule has 1 heterocycles. The molecule has 1 saturated heterocycles. The number of hydrogen-bond acceptors (Lipinski definition) is 4. The van der Waals surface area contributed by atoms with E-state index in [-0.39, 0.29) is 6.61 Å². The minimum absolute atomic E-state index is 0.237. The van der Waals surface area contributed by atoms with E-state index in [1.807, 2.05) is 24.5 Å². The lowest BCUT2D eigenvalue weighted by molar-refractivity contribution is 0.238. The van der Waals surface area contributed by atoms with Crippen molar-refractivity contribution in [2.75, 3.05) is 30.9 Å². The first-order chi connectivity index (χ1) is 8.30. The number of benzene rings is 1. The third-order valence-corrected chi connectivity index (χ3v) is 4.00. The molecule has 0 aliphatic carbocycles. The van der Waals surface area contributed by atoms with Crippen molar-refractivity contribution in [1.82, 2.24) is 0 Å². The van der Waals surface area contributed by atoms with Gasteiger partial charge in [0.1, 0.15) is 6.07 Å². The molecule has 0 spiro atoms. The van der Waals surface area contributed by atoms with Crippen LogP contribution in [0.4, 0.5) is 5.69 Å². The third-order valence-electron chi connectivity index (χ3n) is 3.22. The highest BCUT2D eigenvalue weighted by molar-refractivity contribution is 7.98. The van der Waals surface area contributed by atoms with Gasteiger partial charge in [-0.15, -0.1) is 11.8 Å². The molecule has 17 heavy (non-hydrogen) atoms. The van der Waals surface area contributed by atoms with Crippen LogP contribution in [0.3, 0.4) is 0 Å². The van der Waals surface area contributed by atoms with Crippen LogP contribution in [0, 0.1) is 17.2 Å². The first-order valence-corrected chi connectivity index (χ1v) is 6.95. The maximum absolute atomic E-state index is 9.27. The van der Waals surface area contributed by atoms with Crippen LogP contribution in [0.5, 0.6) is 0 Å². The Morgan fingerprint density at radius 2 is 2.41 bits per heavy atom. The summed E-state index contributed by atoms with van der Waals surface area (Å²) < 4.78 is 0. The van der Waals surface area contributed by atoms with Gasteiger partial charge in [-0.25, -0.2) is 0 Å². The molecule has 0 radical (unpaired) electrons. The van der Waals surface area contributed by atoms with Crippen LogP contribution >= 0.6 is 11.8 Å².